The van der Waals surface area contributed by atoms with E-state index in [0.29, 0.717) is 6.04 Å². The highest BCUT2D eigenvalue weighted by atomic mass is 15.1. The van der Waals surface area contributed by atoms with E-state index in [-0.39, 0.29) is 0 Å². The van der Waals surface area contributed by atoms with Gasteiger partial charge in [-0.05, 0) is 46.1 Å². The second kappa shape index (κ2) is 7.36. The van der Waals surface area contributed by atoms with Crippen molar-refractivity contribution < 1.29 is 0 Å². The Labute approximate surface area is 98.9 Å². The van der Waals surface area contributed by atoms with Crippen LogP contribution in [-0.2, 0) is 6.42 Å². The fraction of sp³-hybridized carbons (Fsp3) is 0.615. The molecule has 0 radical (unpaired) electrons. The highest BCUT2D eigenvalue weighted by molar-refractivity contribution is 5.03. The molecule has 0 bridgehead atoms. The standard InChI is InChI=1S/C13H23N3/c1-12(8-11-16(2)3)14-10-7-13-6-4-5-9-15-13/h4-6,9,12,14H,7-8,10-11H2,1-3H3. The van der Waals surface area contributed by atoms with E-state index in [9.17, 15) is 0 Å². The lowest BCUT2D eigenvalue weighted by Gasteiger charge is -2.16. The zero-order chi connectivity index (χ0) is 11.8. The molecule has 0 aliphatic carbocycles. The van der Waals surface area contributed by atoms with Crippen molar-refractivity contribution in [3.05, 3.63) is 30.1 Å². The quantitative estimate of drug-likeness (QED) is 0.757. The van der Waals surface area contributed by atoms with Crippen molar-refractivity contribution in [3.8, 4) is 0 Å². The number of hydrogen-bond acceptors (Lipinski definition) is 3. The van der Waals surface area contributed by atoms with Crippen LogP contribution in [0.25, 0.3) is 0 Å². The summed E-state index contributed by atoms with van der Waals surface area (Å²) in [5.41, 5.74) is 1.16. The van der Waals surface area contributed by atoms with Crippen LogP contribution < -0.4 is 5.32 Å². The van der Waals surface area contributed by atoms with E-state index < -0.39 is 0 Å². The average molecular weight is 221 g/mol. The lowest BCUT2D eigenvalue weighted by molar-refractivity contribution is 0.367. The molecule has 0 aromatic carbocycles. The van der Waals surface area contributed by atoms with E-state index in [1.165, 1.54) is 6.42 Å². The molecule has 0 fully saturated rings. The normalized spacial score (nSPS) is 13.0. The van der Waals surface area contributed by atoms with Crippen LogP contribution in [0.4, 0.5) is 0 Å². The lowest BCUT2D eigenvalue weighted by atomic mass is 10.2. The maximum absolute atomic E-state index is 4.30. The number of nitrogens with zero attached hydrogens (tertiary/aromatic N) is 2. The minimum absolute atomic E-state index is 0.575. The predicted molar refractivity (Wildman–Crippen MR) is 68.6 cm³/mol. The molecule has 1 aromatic heterocycles. The van der Waals surface area contributed by atoms with Gasteiger partial charge in [0.1, 0.15) is 0 Å². The minimum Gasteiger partial charge on any atom is -0.314 e. The van der Waals surface area contributed by atoms with Gasteiger partial charge in [0.25, 0.3) is 0 Å². The van der Waals surface area contributed by atoms with E-state index in [0.717, 1.165) is 25.2 Å². The second-order valence-electron chi connectivity index (χ2n) is 4.52. The third-order valence-electron chi connectivity index (χ3n) is 2.61. The molecule has 0 spiro atoms. The monoisotopic (exact) mass is 221 g/mol. The van der Waals surface area contributed by atoms with Crippen LogP contribution in [0.1, 0.15) is 19.0 Å². The first-order valence-corrected chi connectivity index (χ1v) is 5.96. The van der Waals surface area contributed by atoms with Crippen LogP contribution in [0, 0.1) is 0 Å². The van der Waals surface area contributed by atoms with Gasteiger partial charge in [0.05, 0.1) is 0 Å². The molecule has 0 aliphatic rings. The number of pyridine rings is 1. The second-order valence-corrected chi connectivity index (χ2v) is 4.52. The van der Waals surface area contributed by atoms with Crippen LogP contribution in [0.5, 0.6) is 0 Å². The maximum atomic E-state index is 4.30. The largest absolute Gasteiger partial charge is 0.314 e. The van der Waals surface area contributed by atoms with Gasteiger partial charge in [-0.25, -0.2) is 0 Å². The Morgan fingerprint density at radius 3 is 2.81 bits per heavy atom. The fourth-order valence-corrected chi connectivity index (χ4v) is 1.55. The Bertz CT molecular complexity index is 272. The van der Waals surface area contributed by atoms with Crippen LogP contribution >= 0.6 is 0 Å². The third kappa shape index (κ3) is 5.83. The molecule has 3 heteroatoms. The zero-order valence-corrected chi connectivity index (χ0v) is 10.6. The summed E-state index contributed by atoms with van der Waals surface area (Å²) in [5, 5.41) is 3.52. The molecule has 0 saturated heterocycles. The molecule has 1 atom stereocenters. The van der Waals surface area contributed by atoms with E-state index >= 15 is 0 Å². The molecule has 0 saturated carbocycles. The number of rotatable bonds is 7. The van der Waals surface area contributed by atoms with Crippen molar-refractivity contribution in [2.75, 3.05) is 27.2 Å². The van der Waals surface area contributed by atoms with Gasteiger partial charge >= 0.3 is 0 Å². The molecule has 90 valence electrons. The summed E-state index contributed by atoms with van der Waals surface area (Å²) in [6.07, 6.45) is 4.05. The highest BCUT2D eigenvalue weighted by Gasteiger charge is 2.01. The first-order valence-electron chi connectivity index (χ1n) is 5.96. The van der Waals surface area contributed by atoms with Crippen LogP contribution in [-0.4, -0.2) is 43.1 Å². The molecule has 1 heterocycles. The van der Waals surface area contributed by atoms with Crippen molar-refractivity contribution in [1.29, 1.82) is 0 Å². The van der Waals surface area contributed by atoms with Gasteiger partial charge in [-0.1, -0.05) is 6.07 Å². The summed E-state index contributed by atoms with van der Waals surface area (Å²) in [4.78, 5) is 6.52. The number of nitrogens with one attached hydrogen (secondary N) is 1. The van der Waals surface area contributed by atoms with Crippen molar-refractivity contribution >= 4 is 0 Å². The highest BCUT2D eigenvalue weighted by Crippen LogP contribution is 1.95. The zero-order valence-electron chi connectivity index (χ0n) is 10.6. The Hall–Kier alpha value is -0.930. The Morgan fingerprint density at radius 1 is 1.38 bits per heavy atom. The SMILES string of the molecule is CC(CCN(C)C)NCCc1ccccn1. The van der Waals surface area contributed by atoms with Gasteiger partial charge < -0.3 is 10.2 Å². The van der Waals surface area contributed by atoms with Gasteiger partial charge in [0.2, 0.25) is 0 Å². The molecule has 0 aliphatic heterocycles. The Kier molecular flexibility index (Phi) is 6.04. The average Bonchev–Trinajstić information content (AvgIpc) is 2.28. The minimum atomic E-state index is 0.575. The van der Waals surface area contributed by atoms with E-state index in [2.05, 4.69) is 42.3 Å². The number of hydrogen-bond donors (Lipinski definition) is 1. The first-order chi connectivity index (χ1) is 7.68. The summed E-state index contributed by atoms with van der Waals surface area (Å²) in [7, 11) is 4.22. The summed E-state index contributed by atoms with van der Waals surface area (Å²) < 4.78 is 0. The molecule has 1 unspecified atom stereocenters. The lowest BCUT2D eigenvalue weighted by Crippen LogP contribution is -2.31. The van der Waals surface area contributed by atoms with Crippen LogP contribution in [0.2, 0.25) is 0 Å². The van der Waals surface area contributed by atoms with E-state index in [1.807, 2.05) is 18.3 Å². The molecule has 16 heavy (non-hydrogen) atoms. The van der Waals surface area contributed by atoms with Gasteiger partial charge in [-0.15, -0.1) is 0 Å². The van der Waals surface area contributed by atoms with Crippen LogP contribution in [0.3, 0.4) is 0 Å². The van der Waals surface area contributed by atoms with Gasteiger partial charge in [0, 0.05) is 30.9 Å². The third-order valence-corrected chi connectivity index (χ3v) is 2.61. The van der Waals surface area contributed by atoms with Crippen molar-refractivity contribution in [1.82, 2.24) is 15.2 Å². The molecule has 1 rings (SSSR count). The smallest absolute Gasteiger partial charge is 0.0416 e. The van der Waals surface area contributed by atoms with Crippen LogP contribution in [0.15, 0.2) is 24.4 Å². The van der Waals surface area contributed by atoms with Gasteiger partial charge in [-0.2, -0.15) is 0 Å². The summed E-state index contributed by atoms with van der Waals surface area (Å²) in [6, 6.07) is 6.65. The molecular formula is C13H23N3. The van der Waals surface area contributed by atoms with Crippen molar-refractivity contribution in [2.45, 2.75) is 25.8 Å². The summed E-state index contributed by atoms with van der Waals surface area (Å²) in [6.45, 7) is 4.38. The summed E-state index contributed by atoms with van der Waals surface area (Å²) >= 11 is 0. The van der Waals surface area contributed by atoms with Crippen molar-refractivity contribution in [2.24, 2.45) is 0 Å². The molecule has 0 amide bonds. The van der Waals surface area contributed by atoms with E-state index in [1.54, 1.807) is 0 Å². The Morgan fingerprint density at radius 2 is 2.19 bits per heavy atom. The molecular weight excluding hydrogens is 198 g/mol. The predicted octanol–water partition coefficient (Wildman–Crippen LogP) is 1.55. The molecule has 1 N–H and O–H groups in total. The van der Waals surface area contributed by atoms with Crippen molar-refractivity contribution in [3.63, 3.8) is 0 Å². The van der Waals surface area contributed by atoms with Gasteiger partial charge in [0.15, 0.2) is 0 Å². The number of aromatic nitrogens is 1. The first kappa shape index (κ1) is 13.1. The van der Waals surface area contributed by atoms with E-state index in [4.69, 9.17) is 0 Å². The molecule has 3 nitrogen and oxygen atoms in total. The van der Waals surface area contributed by atoms with Gasteiger partial charge in [-0.3, -0.25) is 4.98 Å². The summed E-state index contributed by atoms with van der Waals surface area (Å²) in [5.74, 6) is 0. The molecule has 1 aromatic rings. The Balaban J connectivity index is 2.11. The fourth-order valence-electron chi connectivity index (χ4n) is 1.55. The maximum Gasteiger partial charge on any atom is 0.0416 e. The topological polar surface area (TPSA) is 28.2 Å².